The summed E-state index contributed by atoms with van der Waals surface area (Å²) in [6, 6.07) is 10.6. The Hall–Kier alpha value is -1.83. The molecule has 0 aliphatic carbocycles. The fourth-order valence-corrected chi connectivity index (χ4v) is 3.79. The lowest BCUT2D eigenvalue weighted by Crippen LogP contribution is -2.41. The van der Waals surface area contributed by atoms with Gasteiger partial charge >= 0.3 is 0 Å². The van der Waals surface area contributed by atoms with Crippen LogP contribution in [-0.4, -0.2) is 39.0 Å². The van der Waals surface area contributed by atoms with Gasteiger partial charge in [0.25, 0.3) is 0 Å². The molecule has 0 radical (unpaired) electrons. The van der Waals surface area contributed by atoms with E-state index in [9.17, 15) is 12.8 Å². The summed E-state index contributed by atoms with van der Waals surface area (Å²) in [4.78, 5) is -0.425. The van der Waals surface area contributed by atoms with E-state index in [2.05, 4.69) is 0 Å². The average molecular weight is 372 g/mol. The lowest BCUT2D eigenvalue weighted by Gasteiger charge is -2.29. The van der Waals surface area contributed by atoms with Gasteiger partial charge in [-0.15, -0.1) is 0 Å². The zero-order valence-electron chi connectivity index (χ0n) is 12.8. The largest absolute Gasteiger partial charge is 0.486 e. The summed E-state index contributed by atoms with van der Waals surface area (Å²) in [5.74, 6) is 0.278. The summed E-state index contributed by atoms with van der Waals surface area (Å²) in [6.45, 7) is 0.235. The topological polar surface area (TPSA) is 55.8 Å². The molecule has 24 heavy (non-hydrogen) atoms. The van der Waals surface area contributed by atoms with Gasteiger partial charge in [-0.05, 0) is 30.3 Å². The number of likely N-dealkylation sites (N-methyl/N-ethyl adjacent to an activating group) is 1. The molecular formula is C16H15ClFNO4S. The van der Waals surface area contributed by atoms with Gasteiger partial charge in [0.2, 0.25) is 10.0 Å². The number of benzene rings is 2. The summed E-state index contributed by atoms with van der Waals surface area (Å²) in [5, 5.41) is 0.134. The minimum absolute atomic E-state index is 0.0265. The van der Waals surface area contributed by atoms with Crippen molar-refractivity contribution in [2.75, 3.05) is 20.2 Å². The number of para-hydroxylation sites is 2. The normalized spacial score (nSPS) is 17.1. The highest BCUT2D eigenvalue weighted by molar-refractivity contribution is 7.89. The number of sulfonamides is 1. The van der Waals surface area contributed by atoms with Gasteiger partial charge in [0.05, 0.1) is 6.54 Å². The Labute approximate surface area is 144 Å². The third-order valence-electron chi connectivity index (χ3n) is 3.61. The fourth-order valence-electron chi connectivity index (χ4n) is 2.39. The number of ether oxygens (including phenoxy) is 2. The molecule has 0 N–H and O–H groups in total. The molecule has 2 aromatic rings. The number of rotatable bonds is 4. The highest BCUT2D eigenvalue weighted by Crippen LogP contribution is 2.31. The second-order valence-corrected chi connectivity index (χ2v) is 7.81. The standard InChI is InChI=1S/C16H15ClFNO4S/c1-19(24(20,21)16-7-6-11(17)8-13(16)18)9-12-10-22-14-4-2-3-5-15(14)23-12/h2-8,12H,9-10H2,1H3/t12-/m1/s1. The molecule has 128 valence electrons. The molecule has 0 saturated carbocycles. The average Bonchev–Trinajstić information content (AvgIpc) is 2.54. The van der Waals surface area contributed by atoms with Crippen molar-refractivity contribution in [3.63, 3.8) is 0 Å². The SMILES string of the molecule is CN(C[C@@H]1COc2ccccc2O1)S(=O)(=O)c1ccc(Cl)cc1F. The lowest BCUT2D eigenvalue weighted by atomic mass is 10.2. The van der Waals surface area contributed by atoms with Crippen molar-refractivity contribution in [2.24, 2.45) is 0 Å². The first kappa shape index (κ1) is 17.0. The van der Waals surface area contributed by atoms with Crippen molar-refractivity contribution in [2.45, 2.75) is 11.0 Å². The van der Waals surface area contributed by atoms with Crippen molar-refractivity contribution in [1.29, 1.82) is 0 Å². The Kier molecular flexibility index (Phi) is 4.67. The molecule has 0 aromatic heterocycles. The van der Waals surface area contributed by atoms with Crippen LogP contribution < -0.4 is 9.47 Å². The van der Waals surface area contributed by atoms with Gasteiger partial charge in [0.15, 0.2) is 11.5 Å². The summed E-state index contributed by atoms with van der Waals surface area (Å²) < 4.78 is 51.3. The van der Waals surface area contributed by atoms with E-state index in [0.717, 1.165) is 16.4 Å². The first-order valence-corrected chi connectivity index (χ1v) is 8.99. The minimum Gasteiger partial charge on any atom is -0.486 e. The van der Waals surface area contributed by atoms with E-state index < -0.39 is 26.8 Å². The second kappa shape index (κ2) is 6.58. The van der Waals surface area contributed by atoms with E-state index in [1.54, 1.807) is 18.2 Å². The van der Waals surface area contributed by atoms with E-state index in [1.165, 1.54) is 13.1 Å². The molecule has 5 nitrogen and oxygen atoms in total. The Morgan fingerprint density at radius 1 is 1.25 bits per heavy atom. The van der Waals surface area contributed by atoms with Crippen molar-refractivity contribution in [1.82, 2.24) is 4.31 Å². The van der Waals surface area contributed by atoms with Crippen LogP contribution in [0.5, 0.6) is 11.5 Å². The first-order valence-electron chi connectivity index (χ1n) is 7.18. The Balaban J connectivity index is 1.76. The smallest absolute Gasteiger partial charge is 0.245 e. The third kappa shape index (κ3) is 3.33. The second-order valence-electron chi connectivity index (χ2n) is 5.36. The zero-order chi connectivity index (χ0) is 17.3. The molecular weight excluding hydrogens is 357 g/mol. The van der Waals surface area contributed by atoms with Gasteiger partial charge in [-0.3, -0.25) is 0 Å². The maximum absolute atomic E-state index is 13.9. The van der Waals surface area contributed by atoms with Crippen LogP contribution in [0, 0.1) is 5.82 Å². The number of nitrogens with zero attached hydrogens (tertiary/aromatic N) is 1. The Morgan fingerprint density at radius 2 is 1.96 bits per heavy atom. The molecule has 0 bridgehead atoms. The Bertz CT molecular complexity index is 859. The molecule has 2 aromatic carbocycles. The number of halogens is 2. The summed E-state index contributed by atoms with van der Waals surface area (Å²) in [6.07, 6.45) is -0.491. The van der Waals surface area contributed by atoms with Crippen molar-refractivity contribution < 1.29 is 22.3 Å². The Morgan fingerprint density at radius 3 is 2.67 bits per heavy atom. The lowest BCUT2D eigenvalue weighted by molar-refractivity contribution is 0.0798. The quantitative estimate of drug-likeness (QED) is 0.829. The molecule has 3 rings (SSSR count). The van der Waals surface area contributed by atoms with Crippen LogP contribution in [0.25, 0.3) is 0 Å². The van der Waals surface area contributed by atoms with Crippen molar-refractivity contribution >= 4 is 21.6 Å². The van der Waals surface area contributed by atoms with Gasteiger partial charge in [-0.1, -0.05) is 23.7 Å². The van der Waals surface area contributed by atoms with Gasteiger partial charge in [-0.2, -0.15) is 4.31 Å². The van der Waals surface area contributed by atoms with Crippen LogP contribution in [0.1, 0.15) is 0 Å². The van der Waals surface area contributed by atoms with Crippen LogP contribution in [-0.2, 0) is 10.0 Å². The maximum Gasteiger partial charge on any atom is 0.245 e. The predicted octanol–water partition coefficient (Wildman–Crippen LogP) is 2.94. The van der Waals surface area contributed by atoms with Crippen LogP contribution in [0.4, 0.5) is 4.39 Å². The maximum atomic E-state index is 13.9. The molecule has 1 atom stereocenters. The summed E-state index contributed by atoms with van der Waals surface area (Å²) >= 11 is 5.67. The van der Waals surface area contributed by atoms with Gasteiger partial charge in [0, 0.05) is 12.1 Å². The van der Waals surface area contributed by atoms with Crippen molar-refractivity contribution in [3.05, 3.63) is 53.3 Å². The monoisotopic (exact) mass is 371 g/mol. The minimum atomic E-state index is -4.00. The zero-order valence-corrected chi connectivity index (χ0v) is 14.3. The highest BCUT2D eigenvalue weighted by atomic mass is 35.5. The van der Waals surface area contributed by atoms with E-state index in [-0.39, 0.29) is 18.2 Å². The highest BCUT2D eigenvalue weighted by Gasteiger charge is 2.29. The molecule has 0 unspecified atom stereocenters. The molecule has 8 heteroatoms. The fraction of sp³-hybridized carbons (Fsp3) is 0.250. The number of hydrogen-bond acceptors (Lipinski definition) is 4. The number of fused-ring (bicyclic) bond motifs is 1. The van der Waals surface area contributed by atoms with Gasteiger partial charge < -0.3 is 9.47 Å². The van der Waals surface area contributed by atoms with E-state index in [1.807, 2.05) is 6.07 Å². The molecule has 0 amide bonds. The molecule has 1 aliphatic rings. The summed E-state index contributed by atoms with van der Waals surface area (Å²) in [5.41, 5.74) is 0. The van der Waals surface area contributed by atoms with Gasteiger partial charge in [0.1, 0.15) is 23.4 Å². The third-order valence-corrected chi connectivity index (χ3v) is 5.70. The predicted molar refractivity (Wildman–Crippen MR) is 87.6 cm³/mol. The van der Waals surface area contributed by atoms with Crippen LogP contribution in [0.15, 0.2) is 47.4 Å². The van der Waals surface area contributed by atoms with Gasteiger partial charge in [-0.25, -0.2) is 12.8 Å². The van der Waals surface area contributed by atoms with Crippen LogP contribution in [0.2, 0.25) is 5.02 Å². The van der Waals surface area contributed by atoms with Crippen LogP contribution in [0.3, 0.4) is 0 Å². The van der Waals surface area contributed by atoms with E-state index in [0.29, 0.717) is 11.5 Å². The van der Waals surface area contributed by atoms with Crippen molar-refractivity contribution in [3.8, 4) is 11.5 Å². The number of hydrogen-bond donors (Lipinski definition) is 0. The molecule has 1 heterocycles. The van der Waals surface area contributed by atoms with Crippen LogP contribution >= 0.6 is 11.6 Å². The van der Waals surface area contributed by atoms with E-state index >= 15 is 0 Å². The molecule has 0 saturated heterocycles. The first-order chi connectivity index (χ1) is 11.4. The van der Waals surface area contributed by atoms with E-state index in [4.69, 9.17) is 21.1 Å². The molecule has 0 fully saturated rings. The molecule has 0 spiro atoms. The molecule has 1 aliphatic heterocycles. The summed E-state index contributed by atoms with van der Waals surface area (Å²) in [7, 11) is -2.63.